The van der Waals surface area contributed by atoms with E-state index in [4.69, 9.17) is 18.9 Å². The minimum atomic E-state index is -1.01. The number of rotatable bonds is 6. The molecule has 1 unspecified atom stereocenters. The van der Waals surface area contributed by atoms with Gasteiger partial charge in [0.1, 0.15) is 11.3 Å². The summed E-state index contributed by atoms with van der Waals surface area (Å²) >= 11 is 0. The summed E-state index contributed by atoms with van der Waals surface area (Å²) < 4.78 is 21.1. The standard InChI is InChI=1S/C19H21NO5/c1-19(18(21)23-3,14-7-9-15(22-2)10-8-14)20-11-13-5-4-6-16-17(13)25-12-24-16/h4-10,20H,11-12H2,1-3H3. The lowest BCUT2D eigenvalue weighted by Crippen LogP contribution is -2.47. The summed E-state index contributed by atoms with van der Waals surface area (Å²) in [6.45, 7) is 2.42. The molecular formula is C19H21NO5. The van der Waals surface area contributed by atoms with Gasteiger partial charge in [-0.3, -0.25) is 5.32 Å². The van der Waals surface area contributed by atoms with Crippen molar-refractivity contribution in [3.63, 3.8) is 0 Å². The lowest BCUT2D eigenvalue weighted by molar-refractivity contribution is -0.148. The largest absolute Gasteiger partial charge is 0.497 e. The summed E-state index contributed by atoms with van der Waals surface area (Å²) in [6, 6.07) is 13.0. The average molecular weight is 343 g/mol. The number of nitrogens with one attached hydrogen (secondary N) is 1. The number of benzene rings is 2. The summed E-state index contributed by atoms with van der Waals surface area (Å²) in [7, 11) is 2.98. The molecule has 0 spiro atoms. The first-order valence-electron chi connectivity index (χ1n) is 7.94. The van der Waals surface area contributed by atoms with Crippen molar-refractivity contribution in [2.24, 2.45) is 0 Å². The molecule has 1 atom stereocenters. The van der Waals surface area contributed by atoms with Crippen molar-refractivity contribution in [3.8, 4) is 17.2 Å². The van der Waals surface area contributed by atoms with Crippen LogP contribution in [0.5, 0.6) is 17.2 Å². The highest BCUT2D eigenvalue weighted by molar-refractivity contribution is 5.82. The molecule has 1 aliphatic rings. The Kier molecular flexibility index (Phi) is 4.81. The number of para-hydroxylation sites is 1. The number of carbonyl (C=O) groups is 1. The van der Waals surface area contributed by atoms with Crippen LogP contribution in [0.15, 0.2) is 42.5 Å². The number of ether oxygens (including phenoxy) is 4. The monoisotopic (exact) mass is 343 g/mol. The summed E-state index contributed by atoms with van der Waals surface area (Å²) in [4.78, 5) is 12.5. The second kappa shape index (κ2) is 7.03. The number of methoxy groups -OCH3 is 2. The molecule has 2 aromatic carbocycles. The van der Waals surface area contributed by atoms with Crippen LogP contribution in [-0.2, 0) is 21.6 Å². The van der Waals surface area contributed by atoms with Crippen molar-refractivity contribution in [2.45, 2.75) is 19.0 Å². The maximum atomic E-state index is 12.5. The van der Waals surface area contributed by atoms with E-state index in [-0.39, 0.29) is 12.8 Å². The predicted octanol–water partition coefficient (Wildman–Crippen LogP) is 2.60. The third-order valence-corrected chi connectivity index (χ3v) is 4.37. The molecule has 0 bridgehead atoms. The Morgan fingerprint density at radius 1 is 1.16 bits per heavy atom. The van der Waals surface area contributed by atoms with Gasteiger partial charge < -0.3 is 18.9 Å². The van der Waals surface area contributed by atoms with E-state index < -0.39 is 5.54 Å². The normalized spacial score (nSPS) is 14.7. The number of esters is 1. The van der Waals surface area contributed by atoms with E-state index in [0.717, 1.165) is 16.9 Å². The first-order valence-corrected chi connectivity index (χ1v) is 7.94. The maximum absolute atomic E-state index is 12.5. The van der Waals surface area contributed by atoms with E-state index >= 15 is 0 Å². The molecule has 3 rings (SSSR count). The molecule has 0 saturated heterocycles. The van der Waals surface area contributed by atoms with E-state index in [1.807, 2.05) is 42.5 Å². The maximum Gasteiger partial charge on any atom is 0.330 e. The Morgan fingerprint density at radius 3 is 2.60 bits per heavy atom. The molecule has 0 radical (unpaired) electrons. The van der Waals surface area contributed by atoms with E-state index in [1.165, 1.54) is 7.11 Å². The number of hydrogen-bond donors (Lipinski definition) is 1. The van der Waals surface area contributed by atoms with Crippen LogP contribution >= 0.6 is 0 Å². The average Bonchev–Trinajstić information content (AvgIpc) is 3.14. The van der Waals surface area contributed by atoms with E-state index in [1.54, 1.807) is 14.0 Å². The third kappa shape index (κ3) is 3.25. The smallest absolute Gasteiger partial charge is 0.330 e. The zero-order valence-electron chi connectivity index (χ0n) is 14.5. The van der Waals surface area contributed by atoms with Gasteiger partial charge in [0.15, 0.2) is 11.5 Å². The topological polar surface area (TPSA) is 66.0 Å². The van der Waals surface area contributed by atoms with Crippen LogP contribution in [0.25, 0.3) is 0 Å². The number of hydrogen-bond acceptors (Lipinski definition) is 6. The first kappa shape index (κ1) is 17.1. The van der Waals surface area contributed by atoms with Crippen LogP contribution in [0.1, 0.15) is 18.1 Å². The van der Waals surface area contributed by atoms with Gasteiger partial charge in [-0.1, -0.05) is 24.3 Å². The van der Waals surface area contributed by atoms with Crippen LogP contribution in [0, 0.1) is 0 Å². The lowest BCUT2D eigenvalue weighted by atomic mass is 9.91. The fraction of sp³-hybridized carbons (Fsp3) is 0.316. The second-order valence-corrected chi connectivity index (χ2v) is 5.85. The molecule has 6 heteroatoms. The van der Waals surface area contributed by atoms with Crippen LogP contribution in [0.2, 0.25) is 0 Å². The molecule has 132 valence electrons. The Balaban J connectivity index is 1.86. The predicted molar refractivity (Wildman–Crippen MR) is 91.8 cm³/mol. The van der Waals surface area contributed by atoms with Crippen molar-refractivity contribution in [2.75, 3.05) is 21.0 Å². The highest BCUT2D eigenvalue weighted by atomic mass is 16.7. The number of fused-ring (bicyclic) bond motifs is 1. The van der Waals surface area contributed by atoms with Gasteiger partial charge in [0.25, 0.3) is 0 Å². The molecule has 1 aliphatic heterocycles. The van der Waals surface area contributed by atoms with Gasteiger partial charge in [-0.25, -0.2) is 4.79 Å². The van der Waals surface area contributed by atoms with Gasteiger partial charge in [-0.2, -0.15) is 0 Å². The molecule has 0 amide bonds. The van der Waals surface area contributed by atoms with Gasteiger partial charge in [0.2, 0.25) is 6.79 Å². The Bertz CT molecular complexity index is 759. The third-order valence-electron chi connectivity index (χ3n) is 4.37. The molecule has 1 heterocycles. The van der Waals surface area contributed by atoms with E-state index in [9.17, 15) is 4.79 Å². The van der Waals surface area contributed by atoms with Crippen molar-refractivity contribution < 1.29 is 23.7 Å². The van der Waals surface area contributed by atoms with Crippen molar-refractivity contribution >= 4 is 5.97 Å². The highest BCUT2D eigenvalue weighted by Gasteiger charge is 2.36. The van der Waals surface area contributed by atoms with Gasteiger partial charge in [0, 0.05) is 12.1 Å². The molecular weight excluding hydrogens is 322 g/mol. The molecule has 0 aliphatic carbocycles. The SMILES string of the molecule is COC(=O)C(C)(NCc1cccc2c1OCO2)c1ccc(OC)cc1. The minimum absolute atomic E-state index is 0.207. The van der Waals surface area contributed by atoms with Crippen molar-refractivity contribution in [1.82, 2.24) is 5.32 Å². The zero-order valence-corrected chi connectivity index (χ0v) is 14.5. The molecule has 6 nitrogen and oxygen atoms in total. The minimum Gasteiger partial charge on any atom is -0.497 e. The van der Waals surface area contributed by atoms with Crippen molar-refractivity contribution in [1.29, 1.82) is 0 Å². The van der Waals surface area contributed by atoms with Crippen LogP contribution < -0.4 is 19.5 Å². The molecule has 0 saturated carbocycles. The van der Waals surface area contributed by atoms with Gasteiger partial charge in [0.05, 0.1) is 14.2 Å². The fourth-order valence-corrected chi connectivity index (χ4v) is 2.82. The number of carbonyl (C=O) groups excluding carboxylic acids is 1. The van der Waals surface area contributed by atoms with E-state index in [0.29, 0.717) is 18.0 Å². The summed E-state index contributed by atoms with van der Waals surface area (Å²) in [5, 5.41) is 3.30. The Hall–Kier alpha value is -2.73. The van der Waals surface area contributed by atoms with Gasteiger partial charge in [-0.15, -0.1) is 0 Å². The quantitative estimate of drug-likeness (QED) is 0.814. The lowest BCUT2D eigenvalue weighted by Gasteiger charge is -2.29. The molecule has 0 fully saturated rings. The van der Waals surface area contributed by atoms with E-state index in [2.05, 4.69) is 5.32 Å². The zero-order chi connectivity index (χ0) is 17.9. The summed E-state index contributed by atoms with van der Waals surface area (Å²) in [5.74, 6) is 1.77. The van der Waals surface area contributed by atoms with Gasteiger partial charge in [-0.05, 0) is 30.7 Å². The Labute approximate surface area is 146 Å². The molecule has 0 aromatic heterocycles. The van der Waals surface area contributed by atoms with Crippen LogP contribution in [0.4, 0.5) is 0 Å². The Morgan fingerprint density at radius 2 is 1.92 bits per heavy atom. The van der Waals surface area contributed by atoms with Crippen LogP contribution in [0.3, 0.4) is 0 Å². The fourth-order valence-electron chi connectivity index (χ4n) is 2.82. The van der Waals surface area contributed by atoms with Crippen LogP contribution in [-0.4, -0.2) is 27.0 Å². The molecule has 25 heavy (non-hydrogen) atoms. The highest BCUT2D eigenvalue weighted by Crippen LogP contribution is 2.36. The van der Waals surface area contributed by atoms with Gasteiger partial charge >= 0.3 is 5.97 Å². The second-order valence-electron chi connectivity index (χ2n) is 5.85. The molecule has 1 N–H and O–H groups in total. The summed E-state index contributed by atoms with van der Waals surface area (Å²) in [5.41, 5.74) is 0.687. The summed E-state index contributed by atoms with van der Waals surface area (Å²) in [6.07, 6.45) is 0. The first-order chi connectivity index (χ1) is 12.1. The molecule has 2 aromatic rings. The van der Waals surface area contributed by atoms with Crippen molar-refractivity contribution in [3.05, 3.63) is 53.6 Å².